The second-order valence-corrected chi connectivity index (χ2v) is 6.29. The van der Waals surface area contributed by atoms with E-state index in [-0.39, 0.29) is 5.91 Å². The van der Waals surface area contributed by atoms with Crippen molar-refractivity contribution >= 4 is 28.9 Å². The molecule has 1 aliphatic rings. The average molecular weight is 340 g/mol. The minimum absolute atomic E-state index is 0.229. The fourth-order valence-corrected chi connectivity index (χ4v) is 3.08. The van der Waals surface area contributed by atoms with E-state index in [1.54, 1.807) is 24.3 Å². The van der Waals surface area contributed by atoms with Crippen LogP contribution < -0.4 is 10.2 Å². The molecule has 2 aromatic carbocycles. The molecule has 0 aromatic heterocycles. The quantitative estimate of drug-likeness (QED) is 0.898. The van der Waals surface area contributed by atoms with E-state index in [1.807, 2.05) is 24.3 Å². The molecule has 1 amide bonds. The summed E-state index contributed by atoms with van der Waals surface area (Å²) in [7, 11) is 0. The molecule has 3 rings (SSSR count). The SMILES string of the molecule is N#Cc1cc(Cl)ccc1NC(=O)c1cccc(N2CCCCC2)c1. The Labute approximate surface area is 146 Å². The van der Waals surface area contributed by atoms with Gasteiger partial charge in [-0.25, -0.2) is 0 Å². The first-order valence-corrected chi connectivity index (χ1v) is 8.41. The van der Waals surface area contributed by atoms with Crippen LogP contribution in [0.15, 0.2) is 42.5 Å². The summed E-state index contributed by atoms with van der Waals surface area (Å²) in [4.78, 5) is 14.8. The van der Waals surface area contributed by atoms with Gasteiger partial charge in [-0.15, -0.1) is 0 Å². The van der Waals surface area contributed by atoms with Gasteiger partial charge in [-0.3, -0.25) is 4.79 Å². The summed E-state index contributed by atoms with van der Waals surface area (Å²) in [6, 6.07) is 14.5. The molecule has 0 spiro atoms. The lowest BCUT2D eigenvalue weighted by Gasteiger charge is -2.29. The zero-order chi connectivity index (χ0) is 16.9. The summed E-state index contributed by atoms with van der Waals surface area (Å²) in [5, 5.41) is 12.4. The summed E-state index contributed by atoms with van der Waals surface area (Å²) < 4.78 is 0. The lowest BCUT2D eigenvalue weighted by molar-refractivity contribution is 0.102. The Kier molecular flexibility index (Phi) is 5.02. The molecule has 0 radical (unpaired) electrons. The van der Waals surface area contributed by atoms with Gasteiger partial charge in [-0.05, 0) is 55.7 Å². The lowest BCUT2D eigenvalue weighted by Crippen LogP contribution is -2.29. The van der Waals surface area contributed by atoms with E-state index < -0.39 is 0 Å². The predicted octanol–water partition coefficient (Wildman–Crippen LogP) is 4.45. The number of carbonyl (C=O) groups excluding carboxylic acids is 1. The van der Waals surface area contributed by atoms with Crippen molar-refractivity contribution in [2.24, 2.45) is 0 Å². The van der Waals surface area contributed by atoms with Crippen LogP contribution >= 0.6 is 11.6 Å². The Morgan fingerprint density at radius 3 is 2.67 bits per heavy atom. The van der Waals surface area contributed by atoms with E-state index in [2.05, 4.69) is 10.2 Å². The van der Waals surface area contributed by atoms with Crippen molar-refractivity contribution in [2.75, 3.05) is 23.3 Å². The van der Waals surface area contributed by atoms with Crippen LogP contribution in [0.25, 0.3) is 0 Å². The Bertz CT molecular complexity index is 791. The average Bonchev–Trinajstić information content (AvgIpc) is 2.64. The number of nitriles is 1. The highest BCUT2D eigenvalue weighted by Gasteiger charge is 2.14. The first kappa shape index (κ1) is 16.4. The van der Waals surface area contributed by atoms with E-state index >= 15 is 0 Å². The molecular weight excluding hydrogens is 322 g/mol. The number of hydrogen-bond acceptors (Lipinski definition) is 3. The molecule has 1 fully saturated rings. The van der Waals surface area contributed by atoms with Gasteiger partial charge < -0.3 is 10.2 Å². The highest BCUT2D eigenvalue weighted by atomic mass is 35.5. The van der Waals surface area contributed by atoms with E-state index in [4.69, 9.17) is 11.6 Å². The fourth-order valence-electron chi connectivity index (χ4n) is 2.91. The summed E-state index contributed by atoms with van der Waals surface area (Å²) in [5.74, 6) is -0.229. The van der Waals surface area contributed by atoms with Gasteiger partial charge in [0, 0.05) is 29.4 Å². The van der Waals surface area contributed by atoms with Gasteiger partial charge in [0.2, 0.25) is 0 Å². The number of rotatable bonds is 3. The highest BCUT2D eigenvalue weighted by molar-refractivity contribution is 6.30. The van der Waals surface area contributed by atoms with Crippen LogP contribution in [0, 0.1) is 11.3 Å². The molecule has 0 bridgehead atoms. The van der Waals surface area contributed by atoms with Crippen molar-refractivity contribution in [1.82, 2.24) is 0 Å². The third-order valence-electron chi connectivity index (χ3n) is 4.18. The molecular formula is C19H18ClN3O. The van der Waals surface area contributed by atoms with Crippen molar-refractivity contribution in [1.29, 1.82) is 5.26 Å². The van der Waals surface area contributed by atoms with Crippen LogP contribution in [0.1, 0.15) is 35.2 Å². The van der Waals surface area contributed by atoms with Gasteiger partial charge in [0.1, 0.15) is 6.07 Å². The van der Waals surface area contributed by atoms with E-state index in [0.29, 0.717) is 21.8 Å². The Hall–Kier alpha value is -2.51. The van der Waals surface area contributed by atoms with Gasteiger partial charge in [0.25, 0.3) is 5.91 Å². The molecule has 0 atom stereocenters. The summed E-state index contributed by atoms with van der Waals surface area (Å²) in [6.45, 7) is 2.06. The van der Waals surface area contributed by atoms with Crippen molar-refractivity contribution in [3.63, 3.8) is 0 Å². The lowest BCUT2D eigenvalue weighted by atomic mass is 10.1. The maximum Gasteiger partial charge on any atom is 0.255 e. The number of nitrogens with one attached hydrogen (secondary N) is 1. The molecule has 0 saturated carbocycles. The van der Waals surface area contributed by atoms with E-state index in [0.717, 1.165) is 18.8 Å². The highest BCUT2D eigenvalue weighted by Crippen LogP contribution is 2.23. The first-order chi connectivity index (χ1) is 11.7. The Balaban J connectivity index is 1.79. The topological polar surface area (TPSA) is 56.1 Å². The summed E-state index contributed by atoms with van der Waals surface area (Å²) in [6.07, 6.45) is 3.64. The van der Waals surface area contributed by atoms with Gasteiger partial charge in [-0.2, -0.15) is 5.26 Å². The molecule has 1 N–H and O–H groups in total. The molecule has 1 heterocycles. The summed E-state index contributed by atoms with van der Waals surface area (Å²) in [5.41, 5.74) is 2.47. The molecule has 0 aliphatic carbocycles. The smallest absolute Gasteiger partial charge is 0.255 e. The third kappa shape index (κ3) is 3.69. The summed E-state index contributed by atoms with van der Waals surface area (Å²) >= 11 is 5.89. The standard InChI is InChI=1S/C19H18ClN3O/c20-16-7-8-18(15(11-16)13-21)22-19(24)14-5-4-6-17(12-14)23-9-2-1-3-10-23/h4-8,11-12H,1-3,9-10H2,(H,22,24). The molecule has 1 saturated heterocycles. The normalized spacial score (nSPS) is 14.1. The number of nitrogens with zero attached hydrogens (tertiary/aromatic N) is 2. The van der Waals surface area contributed by atoms with Crippen LogP contribution in [-0.2, 0) is 0 Å². The number of halogens is 1. The number of carbonyl (C=O) groups is 1. The van der Waals surface area contributed by atoms with Crippen LogP contribution in [0.4, 0.5) is 11.4 Å². The molecule has 0 unspecified atom stereocenters. The monoisotopic (exact) mass is 339 g/mol. The number of hydrogen-bond donors (Lipinski definition) is 1. The van der Waals surface area contributed by atoms with Gasteiger partial charge >= 0.3 is 0 Å². The van der Waals surface area contributed by atoms with Gasteiger partial charge in [0.15, 0.2) is 0 Å². The molecule has 122 valence electrons. The van der Waals surface area contributed by atoms with Crippen LogP contribution in [0.5, 0.6) is 0 Å². The molecule has 1 aliphatic heterocycles. The molecule has 2 aromatic rings. The second-order valence-electron chi connectivity index (χ2n) is 5.85. The number of amides is 1. The predicted molar refractivity (Wildman–Crippen MR) is 96.6 cm³/mol. The third-order valence-corrected chi connectivity index (χ3v) is 4.41. The molecule has 4 nitrogen and oxygen atoms in total. The number of piperidine rings is 1. The van der Waals surface area contributed by atoms with Gasteiger partial charge in [-0.1, -0.05) is 17.7 Å². The van der Waals surface area contributed by atoms with Crippen LogP contribution in [0.2, 0.25) is 5.02 Å². The second kappa shape index (κ2) is 7.37. The minimum atomic E-state index is -0.229. The van der Waals surface area contributed by atoms with E-state index in [1.165, 1.54) is 19.3 Å². The zero-order valence-electron chi connectivity index (χ0n) is 13.3. The Morgan fingerprint density at radius 1 is 1.12 bits per heavy atom. The number of anilines is 2. The van der Waals surface area contributed by atoms with Crippen molar-refractivity contribution < 1.29 is 4.79 Å². The van der Waals surface area contributed by atoms with E-state index in [9.17, 15) is 10.1 Å². The van der Waals surface area contributed by atoms with Crippen molar-refractivity contribution in [2.45, 2.75) is 19.3 Å². The first-order valence-electron chi connectivity index (χ1n) is 8.03. The maximum atomic E-state index is 12.5. The van der Waals surface area contributed by atoms with Crippen LogP contribution in [-0.4, -0.2) is 19.0 Å². The maximum absolute atomic E-state index is 12.5. The molecule has 5 heteroatoms. The zero-order valence-corrected chi connectivity index (χ0v) is 14.0. The van der Waals surface area contributed by atoms with Crippen LogP contribution in [0.3, 0.4) is 0 Å². The fraction of sp³-hybridized carbons (Fsp3) is 0.263. The largest absolute Gasteiger partial charge is 0.372 e. The van der Waals surface area contributed by atoms with Crippen molar-refractivity contribution in [3.8, 4) is 6.07 Å². The molecule has 24 heavy (non-hydrogen) atoms. The minimum Gasteiger partial charge on any atom is -0.372 e. The van der Waals surface area contributed by atoms with Crippen molar-refractivity contribution in [3.05, 3.63) is 58.6 Å². The Morgan fingerprint density at radius 2 is 1.92 bits per heavy atom. The van der Waals surface area contributed by atoms with Gasteiger partial charge in [0.05, 0.1) is 11.3 Å². The number of benzene rings is 2.